The third kappa shape index (κ3) is 4.47. The molecule has 0 spiro atoms. The van der Waals surface area contributed by atoms with Gasteiger partial charge in [0, 0.05) is 22.1 Å². The summed E-state index contributed by atoms with van der Waals surface area (Å²) < 4.78 is 0. The number of hydrogen-bond donors (Lipinski definition) is 0. The molecular formula is C47H35N. The lowest BCUT2D eigenvalue weighted by atomic mass is 9.79. The molecule has 0 atom stereocenters. The van der Waals surface area contributed by atoms with Gasteiger partial charge >= 0.3 is 0 Å². The fourth-order valence-corrected chi connectivity index (χ4v) is 7.92. The van der Waals surface area contributed by atoms with Crippen LogP contribution in [0.1, 0.15) is 25.0 Å². The highest BCUT2D eigenvalue weighted by Gasteiger charge is 2.38. The highest BCUT2D eigenvalue weighted by atomic mass is 15.1. The van der Waals surface area contributed by atoms with Crippen molar-refractivity contribution in [3.63, 3.8) is 0 Å². The van der Waals surface area contributed by atoms with Crippen LogP contribution in [0, 0.1) is 0 Å². The number of rotatable bonds is 5. The molecule has 1 aliphatic carbocycles. The van der Waals surface area contributed by atoms with Gasteiger partial charge < -0.3 is 4.90 Å². The lowest BCUT2D eigenvalue weighted by Crippen LogP contribution is -2.17. The van der Waals surface area contributed by atoms with E-state index in [9.17, 15) is 0 Å². The summed E-state index contributed by atoms with van der Waals surface area (Å²) in [7, 11) is 0. The van der Waals surface area contributed by atoms with Gasteiger partial charge in [-0.25, -0.2) is 0 Å². The molecule has 1 heteroatoms. The lowest BCUT2D eigenvalue weighted by molar-refractivity contribution is 0.666. The van der Waals surface area contributed by atoms with Crippen LogP contribution in [0.2, 0.25) is 0 Å². The van der Waals surface area contributed by atoms with Crippen molar-refractivity contribution in [1.82, 2.24) is 0 Å². The summed E-state index contributed by atoms with van der Waals surface area (Å²) in [5, 5.41) is 5.01. The van der Waals surface area contributed by atoms with Gasteiger partial charge in [0.15, 0.2) is 0 Å². The predicted molar refractivity (Wildman–Crippen MR) is 205 cm³/mol. The second-order valence-electron chi connectivity index (χ2n) is 13.4. The van der Waals surface area contributed by atoms with Crippen molar-refractivity contribution >= 4 is 38.6 Å². The number of nitrogens with zero attached hydrogens (tertiary/aromatic N) is 1. The first-order chi connectivity index (χ1) is 23.6. The molecule has 0 unspecified atom stereocenters. The molecule has 1 nitrogen and oxygen atoms in total. The number of benzene rings is 8. The third-order valence-electron chi connectivity index (χ3n) is 10.2. The average molecular weight is 614 g/mol. The number of hydrogen-bond acceptors (Lipinski definition) is 1. The van der Waals surface area contributed by atoms with E-state index in [0.717, 1.165) is 11.4 Å². The Morgan fingerprint density at radius 3 is 1.83 bits per heavy atom. The fourth-order valence-electron chi connectivity index (χ4n) is 7.92. The molecular weight excluding hydrogens is 579 g/mol. The standard InChI is InChI=1S/C47H35N/c1-47(2)43-30-36(32-15-5-3-6-16-32)26-28-39(43)42-31-45(40-22-11-12-23-41(40)46(42)47)48(37-27-25-33-17-9-10-20-35(33)29-37)44-24-14-13-21-38(44)34-18-7-4-8-19-34/h3-31H,1-2H3. The van der Waals surface area contributed by atoms with Crippen LogP contribution in [-0.2, 0) is 5.41 Å². The molecule has 0 amide bonds. The minimum atomic E-state index is -0.163. The first kappa shape index (κ1) is 28.3. The zero-order chi connectivity index (χ0) is 32.2. The Morgan fingerprint density at radius 1 is 0.396 bits per heavy atom. The monoisotopic (exact) mass is 613 g/mol. The van der Waals surface area contributed by atoms with E-state index in [4.69, 9.17) is 0 Å². The van der Waals surface area contributed by atoms with Gasteiger partial charge in [-0.1, -0.05) is 159 Å². The van der Waals surface area contributed by atoms with Crippen LogP contribution in [0.15, 0.2) is 176 Å². The first-order valence-electron chi connectivity index (χ1n) is 16.8. The van der Waals surface area contributed by atoms with E-state index in [1.54, 1.807) is 0 Å². The van der Waals surface area contributed by atoms with Gasteiger partial charge in [-0.3, -0.25) is 0 Å². The molecule has 9 rings (SSSR count). The molecule has 0 heterocycles. The highest BCUT2D eigenvalue weighted by Crippen LogP contribution is 2.55. The van der Waals surface area contributed by atoms with Gasteiger partial charge in [-0.15, -0.1) is 0 Å². The molecule has 0 saturated carbocycles. The minimum Gasteiger partial charge on any atom is -0.309 e. The first-order valence-corrected chi connectivity index (χ1v) is 16.8. The van der Waals surface area contributed by atoms with Gasteiger partial charge in [0.25, 0.3) is 0 Å². The molecule has 0 radical (unpaired) electrons. The molecule has 1 aliphatic rings. The van der Waals surface area contributed by atoms with Gasteiger partial charge in [0.2, 0.25) is 0 Å². The van der Waals surface area contributed by atoms with Crippen molar-refractivity contribution in [2.75, 3.05) is 4.90 Å². The maximum Gasteiger partial charge on any atom is 0.0546 e. The molecule has 0 aliphatic heterocycles. The average Bonchev–Trinajstić information content (AvgIpc) is 3.38. The second-order valence-corrected chi connectivity index (χ2v) is 13.4. The van der Waals surface area contributed by atoms with Crippen LogP contribution < -0.4 is 4.90 Å². The van der Waals surface area contributed by atoms with E-state index in [0.29, 0.717) is 0 Å². The second kappa shape index (κ2) is 11.1. The predicted octanol–water partition coefficient (Wildman–Crippen LogP) is 13.1. The number of para-hydroxylation sites is 1. The van der Waals surface area contributed by atoms with Gasteiger partial charge in [0.05, 0.1) is 11.4 Å². The van der Waals surface area contributed by atoms with Crippen molar-refractivity contribution in [3.8, 4) is 33.4 Å². The van der Waals surface area contributed by atoms with Crippen LogP contribution in [-0.4, -0.2) is 0 Å². The summed E-state index contributed by atoms with van der Waals surface area (Å²) in [4.78, 5) is 2.49. The molecule has 48 heavy (non-hydrogen) atoms. The summed E-state index contributed by atoms with van der Waals surface area (Å²) in [6, 6.07) is 64.4. The molecule has 0 saturated heterocycles. The van der Waals surface area contributed by atoms with E-state index in [1.165, 1.54) is 71.7 Å². The topological polar surface area (TPSA) is 3.24 Å². The number of fused-ring (bicyclic) bond motifs is 6. The largest absolute Gasteiger partial charge is 0.309 e. The quantitative estimate of drug-likeness (QED) is 0.187. The molecule has 0 N–H and O–H groups in total. The summed E-state index contributed by atoms with van der Waals surface area (Å²) in [6.45, 7) is 4.79. The summed E-state index contributed by atoms with van der Waals surface area (Å²) in [6.07, 6.45) is 0. The lowest BCUT2D eigenvalue weighted by Gasteiger charge is -2.31. The van der Waals surface area contributed by atoms with Crippen molar-refractivity contribution in [1.29, 1.82) is 0 Å². The fraction of sp³-hybridized carbons (Fsp3) is 0.0638. The molecule has 8 aromatic carbocycles. The Labute approximate surface area is 282 Å². The molecule has 228 valence electrons. The zero-order valence-corrected chi connectivity index (χ0v) is 27.2. The van der Waals surface area contributed by atoms with Crippen LogP contribution >= 0.6 is 0 Å². The van der Waals surface area contributed by atoms with Crippen LogP contribution in [0.5, 0.6) is 0 Å². The Kier molecular flexibility index (Phi) is 6.55. The molecule has 0 aromatic heterocycles. The highest BCUT2D eigenvalue weighted by molar-refractivity contribution is 6.08. The van der Waals surface area contributed by atoms with E-state index in [2.05, 4.69) is 195 Å². The van der Waals surface area contributed by atoms with Gasteiger partial charge in [-0.05, 0) is 85.4 Å². The summed E-state index contributed by atoms with van der Waals surface area (Å²) >= 11 is 0. The minimum absolute atomic E-state index is 0.163. The van der Waals surface area contributed by atoms with E-state index >= 15 is 0 Å². The van der Waals surface area contributed by atoms with Crippen LogP contribution in [0.3, 0.4) is 0 Å². The van der Waals surface area contributed by atoms with Gasteiger partial charge in [-0.2, -0.15) is 0 Å². The summed E-state index contributed by atoms with van der Waals surface area (Å²) in [5.74, 6) is 0. The van der Waals surface area contributed by atoms with Crippen LogP contribution in [0.4, 0.5) is 17.1 Å². The normalized spacial score (nSPS) is 13.0. The van der Waals surface area contributed by atoms with Gasteiger partial charge in [0.1, 0.15) is 0 Å². The maximum absolute atomic E-state index is 2.49. The Morgan fingerprint density at radius 2 is 1.04 bits per heavy atom. The molecule has 0 fully saturated rings. The molecule has 0 bridgehead atoms. The smallest absolute Gasteiger partial charge is 0.0546 e. The SMILES string of the molecule is CC1(C)c2cc(-c3ccccc3)ccc2-c2cc(N(c3ccc4ccccc4c3)c3ccccc3-c3ccccc3)c3ccccc3c21. The Bertz CT molecular complexity index is 2470. The Balaban J connectivity index is 1.34. The van der Waals surface area contributed by atoms with Crippen molar-refractivity contribution < 1.29 is 0 Å². The number of anilines is 3. The zero-order valence-electron chi connectivity index (χ0n) is 27.2. The van der Waals surface area contributed by atoms with E-state index in [1.807, 2.05) is 0 Å². The van der Waals surface area contributed by atoms with Crippen molar-refractivity contribution in [3.05, 3.63) is 187 Å². The third-order valence-corrected chi connectivity index (χ3v) is 10.2. The van der Waals surface area contributed by atoms with E-state index < -0.39 is 0 Å². The van der Waals surface area contributed by atoms with Crippen molar-refractivity contribution in [2.45, 2.75) is 19.3 Å². The van der Waals surface area contributed by atoms with E-state index in [-0.39, 0.29) is 5.41 Å². The Hall–Kier alpha value is -5.92. The molecule has 8 aromatic rings. The van der Waals surface area contributed by atoms with Crippen molar-refractivity contribution in [2.24, 2.45) is 0 Å². The summed E-state index contributed by atoms with van der Waals surface area (Å²) in [5.41, 5.74) is 13.6. The van der Waals surface area contributed by atoms with Crippen LogP contribution in [0.25, 0.3) is 54.9 Å². The maximum atomic E-state index is 2.49.